The molecule has 0 unspecified atom stereocenters. The van der Waals surface area contributed by atoms with E-state index in [2.05, 4.69) is 151 Å². The zero-order valence-corrected chi connectivity index (χ0v) is 27.5. The fraction of sp³-hybridized carbons (Fsp3) is 0.143. The Balaban J connectivity index is 0.000000182. The first-order chi connectivity index (χ1) is 21.6. The predicted octanol–water partition coefficient (Wildman–Crippen LogP) is 12.5. The summed E-state index contributed by atoms with van der Waals surface area (Å²) in [7, 11) is 0. The highest BCUT2D eigenvalue weighted by atomic mass is 79.9. The highest BCUT2D eigenvalue weighted by Gasteiger charge is 2.00. The Morgan fingerprint density at radius 3 is 1.27 bits per heavy atom. The summed E-state index contributed by atoms with van der Waals surface area (Å²) in [5.41, 5.74) is 13.9. The molecule has 0 aliphatic heterocycles. The van der Waals surface area contributed by atoms with Crippen molar-refractivity contribution in [1.82, 2.24) is 0 Å². The van der Waals surface area contributed by atoms with Crippen molar-refractivity contribution in [3.63, 3.8) is 0 Å². The molecule has 0 saturated carbocycles. The Morgan fingerprint density at radius 2 is 0.841 bits per heavy atom. The minimum atomic E-state index is 0.822. The van der Waals surface area contributed by atoms with Gasteiger partial charge in [0.2, 0.25) is 0 Å². The zero-order chi connectivity index (χ0) is 31.2. The van der Waals surface area contributed by atoms with E-state index in [1.165, 1.54) is 52.6 Å². The van der Waals surface area contributed by atoms with Crippen molar-refractivity contribution in [3.8, 4) is 22.3 Å². The lowest BCUT2D eigenvalue weighted by atomic mass is 9.99. The molecule has 0 amide bonds. The van der Waals surface area contributed by atoms with Crippen molar-refractivity contribution in [2.75, 3.05) is 5.73 Å². The number of hydrogen-bond acceptors (Lipinski definition) is 1. The molecule has 2 N–H and O–H groups in total. The smallest absolute Gasteiger partial charge is 0.0313 e. The SMILES string of the molecule is Brc1cccc(-c2ccccc2)c1.CCCCC.Nc1ccccc1.c1ccc(Cc2cccc(-c3ccccc3)c2)cc1. The predicted molar refractivity (Wildman–Crippen MR) is 197 cm³/mol. The third kappa shape index (κ3) is 13.3. The molecule has 0 bridgehead atoms. The van der Waals surface area contributed by atoms with Gasteiger partial charge >= 0.3 is 0 Å². The summed E-state index contributed by atoms with van der Waals surface area (Å²) in [6, 6.07) is 58.1. The van der Waals surface area contributed by atoms with Crippen molar-refractivity contribution in [3.05, 3.63) is 185 Å². The number of halogens is 1. The molecule has 0 aliphatic rings. The third-order valence-electron chi connectivity index (χ3n) is 6.72. The Morgan fingerprint density at radius 1 is 0.432 bits per heavy atom. The Hall–Kier alpha value is -4.40. The second kappa shape index (κ2) is 20.5. The van der Waals surface area contributed by atoms with E-state index in [1.807, 2.05) is 48.5 Å². The molecule has 0 fully saturated rings. The van der Waals surface area contributed by atoms with E-state index in [4.69, 9.17) is 5.73 Å². The van der Waals surface area contributed by atoms with Gasteiger partial charge in [0.1, 0.15) is 0 Å². The van der Waals surface area contributed by atoms with E-state index >= 15 is 0 Å². The lowest BCUT2D eigenvalue weighted by Crippen LogP contribution is -1.88. The molecule has 0 aromatic heterocycles. The Kier molecular flexibility index (Phi) is 15.9. The van der Waals surface area contributed by atoms with Crippen LogP contribution in [-0.2, 0) is 6.42 Å². The maximum absolute atomic E-state index is 5.36. The van der Waals surface area contributed by atoms with Crippen molar-refractivity contribution in [1.29, 1.82) is 0 Å². The first kappa shape index (κ1) is 34.1. The average molecular weight is 643 g/mol. The highest BCUT2D eigenvalue weighted by Crippen LogP contribution is 2.23. The molecule has 44 heavy (non-hydrogen) atoms. The number of nitrogen functional groups attached to an aromatic ring is 1. The van der Waals surface area contributed by atoms with Gasteiger partial charge in [-0.25, -0.2) is 0 Å². The summed E-state index contributed by atoms with van der Waals surface area (Å²) >= 11 is 3.46. The molecule has 1 nitrogen and oxygen atoms in total. The van der Waals surface area contributed by atoms with Crippen molar-refractivity contribution < 1.29 is 0 Å². The second-order valence-electron chi connectivity index (χ2n) is 10.4. The molecule has 0 spiro atoms. The van der Waals surface area contributed by atoms with Crippen LogP contribution < -0.4 is 5.73 Å². The van der Waals surface area contributed by atoms with Crippen LogP contribution >= 0.6 is 15.9 Å². The van der Waals surface area contributed by atoms with Gasteiger partial charge in [0.25, 0.3) is 0 Å². The second-order valence-corrected chi connectivity index (χ2v) is 11.3. The van der Waals surface area contributed by atoms with E-state index in [0.29, 0.717) is 0 Å². The molecule has 2 heteroatoms. The van der Waals surface area contributed by atoms with Gasteiger partial charge in [0.15, 0.2) is 0 Å². The van der Waals surface area contributed by atoms with E-state index in [1.54, 1.807) is 0 Å². The maximum Gasteiger partial charge on any atom is 0.0313 e. The van der Waals surface area contributed by atoms with E-state index in [9.17, 15) is 0 Å². The fourth-order valence-electron chi connectivity index (χ4n) is 4.43. The Labute approximate surface area is 273 Å². The molecule has 6 aromatic rings. The number of rotatable bonds is 6. The summed E-state index contributed by atoms with van der Waals surface area (Å²) in [6.45, 7) is 4.42. The lowest BCUT2D eigenvalue weighted by Gasteiger charge is -2.06. The lowest BCUT2D eigenvalue weighted by molar-refractivity contribution is 0.772. The van der Waals surface area contributed by atoms with Gasteiger partial charge in [-0.05, 0) is 64.1 Å². The summed E-state index contributed by atoms with van der Waals surface area (Å²) in [4.78, 5) is 0. The van der Waals surface area contributed by atoms with E-state index in [-0.39, 0.29) is 0 Å². The Bertz CT molecular complexity index is 1560. The topological polar surface area (TPSA) is 26.0 Å². The van der Waals surface area contributed by atoms with Crippen molar-refractivity contribution >= 4 is 21.6 Å². The summed E-state index contributed by atoms with van der Waals surface area (Å²) in [5.74, 6) is 0. The number of para-hydroxylation sites is 1. The van der Waals surface area contributed by atoms with Gasteiger partial charge in [-0.1, -0.05) is 195 Å². The van der Waals surface area contributed by atoms with Gasteiger partial charge in [-0.2, -0.15) is 0 Å². The summed E-state index contributed by atoms with van der Waals surface area (Å²) < 4.78 is 1.12. The van der Waals surface area contributed by atoms with Gasteiger partial charge in [-0.15, -0.1) is 0 Å². The molecule has 0 radical (unpaired) electrons. The average Bonchev–Trinajstić information content (AvgIpc) is 3.08. The number of nitrogens with two attached hydrogens (primary N) is 1. The first-order valence-corrected chi connectivity index (χ1v) is 16.2. The molecule has 0 aliphatic carbocycles. The molecule has 0 saturated heterocycles. The van der Waals surface area contributed by atoms with Crippen LogP contribution in [0, 0.1) is 0 Å². The van der Waals surface area contributed by atoms with Gasteiger partial charge in [0, 0.05) is 10.2 Å². The third-order valence-corrected chi connectivity index (χ3v) is 7.22. The van der Waals surface area contributed by atoms with Crippen LogP contribution in [0.3, 0.4) is 0 Å². The summed E-state index contributed by atoms with van der Waals surface area (Å²) in [6.07, 6.45) is 5.06. The fourth-order valence-corrected chi connectivity index (χ4v) is 4.83. The quantitative estimate of drug-likeness (QED) is 0.180. The zero-order valence-electron chi connectivity index (χ0n) is 25.9. The van der Waals surface area contributed by atoms with Crippen molar-refractivity contribution in [2.45, 2.75) is 39.5 Å². The number of unbranched alkanes of at least 4 members (excludes halogenated alkanes) is 2. The first-order valence-electron chi connectivity index (χ1n) is 15.4. The van der Waals surface area contributed by atoms with Crippen LogP contribution in [0.2, 0.25) is 0 Å². The van der Waals surface area contributed by atoms with Crippen molar-refractivity contribution in [2.24, 2.45) is 0 Å². The highest BCUT2D eigenvalue weighted by molar-refractivity contribution is 9.10. The van der Waals surface area contributed by atoms with Crippen LogP contribution in [0.15, 0.2) is 174 Å². The number of anilines is 1. The van der Waals surface area contributed by atoms with Crippen LogP contribution in [0.1, 0.15) is 44.2 Å². The number of hydrogen-bond donors (Lipinski definition) is 1. The van der Waals surface area contributed by atoms with E-state index in [0.717, 1.165) is 16.6 Å². The summed E-state index contributed by atoms with van der Waals surface area (Å²) in [5, 5.41) is 0. The van der Waals surface area contributed by atoms with Crippen LogP contribution in [0.4, 0.5) is 5.69 Å². The molecular formula is C42H44BrN. The van der Waals surface area contributed by atoms with Gasteiger partial charge in [-0.3, -0.25) is 0 Å². The van der Waals surface area contributed by atoms with Crippen LogP contribution in [0.25, 0.3) is 22.3 Å². The monoisotopic (exact) mass is 641 g/mol. The van der Waals surface area contributed by atoms with Gasteiger partial charge in [0.05, 0.1) is 0 Å². The van der Waals surface area contributed by atoms with Crippen LogP contribution in [-0.4, -0.2) is 0 Å². The molecule has 224 valence electrons. The largest absolute Gasteiger partial charge is 0.399 e. The normalized spacial score (nSPS) is 9.70. The standard InChI is InChI=1S/C19H16.C12H9Br.C6H7N.C5H12/c1-3-8-16(9-4-1)14-17-10-7-13-19(15-17)18-11-5-2-6-12-18;13-12-8-4-7-11(9-12)10-5-2-1-3-6-10;7-6-4-2-1-3-5-6;1-3-5-4-2/h1-13,15H,14H2;1-9H;1-5H,7H2;3-5H2,1-2H3. The molecular weight excluding hydrogens is 598 g/mol. The molecule has 0 atom stereocenters. The maximum atomic E-state index is 5.36. The van der Waals surface area contributed by atoms with Crippen LogP contribution in [0.5, 0.6) is 0 Å². The molecule has 6 aromatic carbocycles. The molecule has 6 rings (SSSR count). The van der Waals surface area contributed by atoms with Gasteiger partial charge < -0.3 is 5.73 Å². The molecule has 0 heterocycles. The minimum Gasteiger partial charge on any atom is -0.399 e. The number of benzene rings is 6. The van der Waals surface area contributed by atoms with E-state index < -0.39 is 0 Å². The minimum absolute atomic E-state index is 0.822.